The molecule has 8 nitrogen and oxygen atoms in total. The van der Waals surface area contributed by atoms with Crippen LogP contribution in [0.2, 0.25) is 0 Å². The molecule has 0 radical (unpaired) electrons. The molecule has 0 bridgehead atoms. The summed E-state index contributed by atoms with van der Waals surface area (Å²) in [6.07, 6.45) is 3.19. The number of carbonyl (C=O) groups is 2. The van der Waals surface area contributed by atoms with Gasteiger partial charge in [-0.15, -0.1) is 0 Å². The van der Waals surface area contributed by atoms with Crippen molar-refractivity contribution in [1.29, 1.82) is 0 Å². The van der Waals surface area contributed by atoms with Crippen molar-refractivity contribution in [3.63, 3.8) is 0 Å². The fourth-order valence-electron chi connectivity index (χ4n) is 1.25. The normalized spacial score (nSPS) is 13.3. The molecular formula is C11H23N5O3S. The van der Waals surface area contributed by atoms with Crippen molar-refractivity contribution in [2.24, 2.45) is 27.9 Å². The average molecular weight is 305 g/mol. The topological polar surface area (TPSA) is 160 Å². The summed E-state index contributed by atoms with van der Waals surface area (Å²) < 4.78 is 4.63. The smallest absolute Gasteiger partial charge is 0.330 e. The Kier molecular flexibility index (Phi) is 9.77. The number of ether oxygens (including phenoxy) is 1. The first-order valence-electron chi connectivity index (χ1n) is 6.19. The fourth-order valence-corrected chi connectivity index (χ4v) is 1.74. The Bertz CT molecular complexity index is 347. The second-order valence-electron chi connectivity index (χ2n) is 4.18. The predicted molar refractivity (Wildman–Crippen MR) is 80.0 cm³/mol. The van der Waals surface area contributed by atoms with Crippen molar-refractivity contribution in [2.45, 2.75) is 31.3 Å². The van der Waals surface area contributed by atoms with Crippen molar-refractivity contribution >= 4 is 29.7 Å². The summed E-state index contributed by atoms with van der Waals surface area (Å²) >= 11 is 1.56. The Balaban J connectivity index is 4.00. The molecule has 8 N–H and O–H groups in total. The Morgan fingerprint density at radius 1 is 1.15 bits per heavy atom. The molecule has 0 amide bonds. The predicted octanol–water partition coefficient (Wildman–Crippen LogP) is -1.48. The maximum absolute atomic E-state index is 11.5. The first-order valence-corrected chi connectivity index (χ1v) is 7.58. The van der Waals surface area contributed by atoms with Crippen LogP contribution in [0.25, 0.3) is 0 Å². The summed E-state index contributed by atoms with van der Waals surface area (Å²) in [5.41, 5.74) is 21.5. The van der Waals surface area contributed by atoms with Gasteiger partial charge in [-0.05, 0) is 31.3 Å². The molecule has 9 heteroatoms. The van der Waals surface area contributed by atoms with E-state index in [-0.39, 0.29) is 5.96 Å². The van der Waals surface area contributed by atoms with Gasteiger partial charge in [0.15, 0.2) is 5.96 Å². The van der Waals surface area contributed by atoms with Crippen LogP contribution in [0.1, 0.15) is 19.3 Å². The third-order valence-electron chi connectivity index (χ3n) is 2.41. The van der Waals surface area contributed by atoms with Crippen LogP contribution in [0.15, 0.2) is 4.99 Å². The van der Waals surface area contributed by atoms with Crippen molar-refractivity contribution in [2.75, 3.05) is 18.6 Å². The van der Waals surface area contributed by atoms with E-state index in [0.29, 0.717) is 25.8 Å². The zero-order valence-electron chi connectivity index (χ0n) is 11.6. The molecule has 0 rings (SSSR count). The standard InChI is InChI=1S/C11H23N5O3S/c1-20-6-4-8(13)10(18)19-9(17)7(12)3-2-5-16-11(14)15/h7-8H,2-6,12-13H2,1H3,(H4,14,15,16)/t7-,8?/m0/s1. The fraction of sp³-hybridized carbons (Fsp3) is 0.727. The number of aliphatic imine (C=N–C) groups is 1. The van der Waals surface area contributed by atoms with Crippen LogP contribution >= 0.6 is 11.8 Å². The van der Waals surface area contributed by atoms with Crippen LogP contribution in [0, 0.1) is 0 Å². The second kappa shape index (κ2) is 10.5. The van der Waals surface area contributed by atoms with Gasteiger partial charge in [0.2, 0.25) is 0 Å². The minimum atomic E-state index is -0.888. The highest BCUT2D eigenvalue weighted by Gasteiger charge is 2.22. The van der Waals surface area contributed by atoms with Crippen LogP contribution in [-0.4, -0.2) is 48.5 Å². The molecule has 0 aromatic heterocycles. The molecule has 0 saturated carbocycles. The molecule has 0 saturated heterocycles. The highest BCUT2D eigenvalue weighted by molar-refractivity contribution is 7.98. The van der Waals surface area contributed by atoms with Gasteiger partial charge in [-0.3, -0.25) is 4.99 Å². The van der Waals surface area contributed by atoms with E-state index in [0.717, 1.165) is 5.75 Å². The highest BCUT2D eigenvalue weighted by Crippen LogP contribution is 2.03. The van der Waals surface area contributed by atoms with E-state index in [2.05, 4.69) is 9.73 Å². The van der Waals surface area contributed by atoms with Gasteiger partial charge in [0.25, 0.3) is 0 Å². The number of nitrogens with zero attached hydrogens (tertiary/aromatic N) is 1. The van der Waals surface area contributed by atoms with Gasteiger partial charge in [-0.25, -0.2) is 9.59 Å². The molecule has 0 aromatic carbocycles. The van der Waals surface area contributed by atoms with Crippen LogP contribution < -0.4 is 22.9 Å². The Morgan fingerprint density at radius 3 is 2.20 bits per heavy atom. The van der Waals surface area contributed by atoms with Crippen LogP contribution in [0.3, 0.4) is 0 Å². The first kappa shape index (κ1) is 18.7. The van der Waals surface area contributed by atoms with Gasteiger partial charge in [0.05, 0.1) is 0 Å². The molecule has 0 aliphatic carbocycles. The van der Waals surface area contributed by atoms with Gasteiger partial charge in [-0.2, -0.15) is 11.8 Å². The van der Waals surface area contributed by atoms with Crippen molar-refractivity contribution in [3.8, 4) is 0 Å². The van der Waals surface area contributed by atoms with Crippen LogP contribution in [-0.2, 0) is 14.3 Å². The second-order valence-corrected chi connectivity index (χ2v) is 5.17. The molecule has 1 unspecified atom stereocenters. The summed E-state index contributed by atoms with van der Waals surface area (Å²) in [5, 5.41) is 0. The zero-order valence-corrected chi connectivity index (χ0v) is 12.4. The summed E-state index contributed by atoms with van der Waals surface area (Å²) in [7, 11) is 0. The molecule has 0 aliphatic heterocycles. The molecule has 116 valence electrons. The third kappa shape index (κ3) is 8.73. The molecule has 20 heavy (non-hydrogen) atoms. The number of esters is 2. The maximum atomic E-state index is 11.5. The van der Waals surface area contributed by atoms with E-state index in [1.807, 2.05) is 6.26 Å². The van der Waals surface area contributed by atoms with E-state index in [1.165, 1.54) is 0 Å². The summed E-state index contributed by atoms with van der Waals surface area (Å²) in [5.74, 6) is -0.825. The van der Waals surface area contributed by atoms with Gasteiger partial charge in [0, 0.05) is 6.54 Å². The lowest BCUT2D eigenvalue weighted by Crippen LogP contribution is -2.39. The minimum absolute atomic E-state index is 0.0175. The van der Waals surface area contributed by atoms with Gasteiger partial charge in [-0.1, -0.05) is 0 Å². The molecule has 0 aromatic rings. The number of hydrogen-bond acceptors (Lipinski definition) is 7. The number of guanidine groups is 1. The summed E-state index contributed by atoms with van der Waals surface area (Å²) in [4.78, 5) is 26.8. The van der Waals surface area contributed by atoms with E-state index in [1.54, 1.807) is 11.8 Å². The minimum Gasteiger partial charge on any atom is -0.391 e. The number of hydrogen-bond donors (Lipinski definition) is 4. The van der Waals surface area contributed by atoms with E-state index in [4.69, 9.17) is 22.9 Å². The van der Waals surface area contributed by atoms with Gasteiger partial charge < -0.3 is 27.7 Å². The number of nitrogens with two attached hydrogens (primary N) is 4. The van der Waals surface area contributed by atoms with Gasteiger partial charge >= 0.3 is 11.9 Å². The molecular weight excluding hydrogens is 282 g/mol. The van der Waals surface area contributed by atoms with E-state index in [9.17, 15) is 9.59 Å². The zero-order chi connectivity index (χ0) is 15.5. The van der Waals surface area contributed by atoms with Crippen LogP contribution in [0.4, 0.5) is 0 Å². The van der Waals surface area contributed by atoms with Crippen molar-refractivity contribution in [3.05, 3.63) is 0 Å². The average Bonchev–Trinajstić information content (AvgIpc) is 2.40. The summed E-state index contributed by atoms with van der Waals surface area (Å²) in [6, 6.07) is -1.69. The summed E-state index contributed by atoms with van der Waals surface area (Å²) in [6.45, 7) is 0.366. The molecule has 0 aliphatic rings. The van der Waals surface area contributed by atoms with E-state index < -0.39 is 24.0 Å². The Hall–Kier alpha value is -1.32. The highest BCUT2D eigenvalue weighted by atomic mass is 32.2. The van der Waals surface area contributed by atoms with Crippen LogP contribution in [0.5, 0.6) is 0 Å². The lowest BCUT2D eigenvalue weighted by Gasteiger charge is -2.12. The monoisotopic (exact) mass is 305 g/mol. The molecule has 2 atom stereocenters. The SMILES string of the molecule is CSCCC(N)C(=O)OC(=O)[C@@H](N)CCCN=C(N)N. The van der Waals surface area contributed by atoms with Crippen molar-refractivity contribution in [1.82, 2.24) is 0 Å². The largest absolute Gasteiger partial charge is 0.391 e. The maximum Gasteiger partial charge on any atom is 0.330 e. The Morgan fingerprint density at radius 2 is 1.70 bits per heavy atom. The lowest BCUT2D eigenvalue weighted by atomic mass is 10.1. The lowest BCUT2D eigenvalue weighted by molar-refractivity contribution is -0.161. The molecule has 0 spiro atoms. The number of carbonyl (C=O) groups excluding carboxylic acids is 2. The number of thioether (sulfide) groups is 1. The number of rotatable bonds is 9. The van der Waals surface area contributed by atoms with Gasteiger partial charge in [0.1, 0.15) is 12.1 Å². The molecule has 0 fully saturated rings. The molecule has 0 heterocycles. The van der Waals surface area contributed by atoms with Crippen molar-refractivity contribution < 1.29 is 14.3 Å². The Labute approximate surface area is 122 Å². The quantitative estimate of drug-likeness (QED) is 0.132. The third-order valence-corrected chi connectivity index (χ3v) is 3.05. The van der Waals surface area contributed by atoms with E-state index >= 15 is 0 Å². The first-order chi connectivity index (χ1) is 9.38.